The molecule has 2 aromatic carbocycles. The van der Waals surface area contributed by atoms with Gasteiger partial charge in [0.25, 0.3) is 0 Å². The van der Waals surface area contributed by atoms with Gasteiger partial charge in [-0.15, -0.1) is 17.5 Å². The molecule has 4 aromatic rings. The molecule has 0 fully saturated rings. The van der Waals surface area contributed by atoms with E-state index in [9.17, 15) is 0 Å². The summed E-state index contributed by atoms with van der Waals surface area (Å²) in [6.07, 6.45) is 4.31. The van der Waals surface area contributed by atoms with Crippen LogP contribution in [-0.4, -0.2) is 42.5 Å². The number of ether oxygens (including phenoxy) is 1. The Labute approximate surface area is 190 Å². The third-order valence-corrected chi connectivity index (χ3v) is 5.16. The minimum atomic E-state index is 0. The Morgan fingerprint density at radius 2 is 1.81 bits per heavy atom. The molecule has 0 radical (unpaired) electrons. The average molecular weight is 456 g/mol. The lowest BCUT2D eigenvalue weighted by Gasteiger charge is -2.08. The second-order valence-corrected chi connectivity index (χ2v) is 7.43. The number of para-hydroxylation sites is 1. The zero-order valence-electron chi connectivity index (χ0n) is 16.7. The minimum Gasteiger partial charge on any atom is -0.424 e. The van der Waals surface area contributed by atoms with Gasteiger partial charge >= 0.3 is 6.01 Å². The summed E-state index contributed by atoms with van der Waals surface area (Å²) in [5.41, 5.74) is 2.11. The summed E-state index contributed by atoms with van der Waals surface area (Å²) in [5, 5.41) is 16.3. The molecule has 2 aromatic heterocycles. The summed E-state index contributed by atoms with van der Waals surface area (Å²) in [6.45, 7) is 1.66. The van der Waals surface area contributed by atoms with E-state index in [4.69, 9.17) is 4.74 Å². The first-order valence-electron chi connectivity index (χ1n) is 9.59. The van der Waals surface area contributed by atoms with Gasteiger partial charge in [0, 0.05) is 24.7 Å². The number of hydrogen-bond acceptors (Lipinski definition) is 8. The molecule has 0 spiro atoms. The molecule has 0 bridgehead atoms. The van der Waals surface area contributed by atoms with Crippen LogP contribution in [0.3, 0.4) is 0 Å². The molecule has 0 saturated carbocycles. The van der Waals surface area contributed by atoms with Gasteiger partial charge < -0.3 is 10.1 Å². The van der Waals surface area contributed by atoms with Gasteiger partial charge in [0.1, 0.15) is 5.75 Å². The van der Waals surface area contributed by atoms with E-state index in [1.54, 1.807) is 34.9 Å². The third-order valence-electron chi connectivity index (χ3n) is 4.15. The molecule has 8 nitrogen and oxygen atoms in total. The summed E-state index contributed by atoms with van der Waals surface area (Å²) < 4.78 is 7.44. The van der Waals surface area contributed by atoms with E-state index >= 15 is 0 Å². The van der Waals surface area contributed by atoms with E-state index in [-0.39, 0.29) is 12.4 Å². The number of nitrogens with one attached hydrogen (secondary N) is 1. The second-order valence-electron chi connectivity index (χ2n) is 6.37. The third kappa shape index (κ3) is 6.74. The zero-order chi connectivity index (χ0) is 20.4. The van der Waals surface area contributed by atoms with Crippen LogP contribution in [-0.2, 0) is 6.54 Å². The fraction of sp³-hybridized carbons (Fsp3) is 0.190. The van der Waals surface area contributed by atoms with Crippen LogP contribution in [0.1, 0.15) is 12.0 Å². The molecule has 0 amide bonds. The van der Waals surface area contributed by atoms with Crippen LogP contribution < -0.4 is 10.1 Å². The van der Waals surface area contributed by atoms with Crippen molar-refractivity contribution in [2.24, 2.45) is 0 Å². The Balaban J connectivity index is 0.00000272. The van der Waals surface area contributed by atoms with E-state index in [0.717, 1.165) is 47.4 Å². The minimum absolute atomic E-state index is 0. The maximum Gasteiger partial charge on any atom is 0.321 e. The highest BCUT2D eigenvalue weighted by Gasteiger charge is 2.08. The zero-order valence-corrected chi connectivity index (χ0v) is 18.3. The highest BCUT2D eigenvalue weighted by Crippen LogP contribution is 2.19. The molecular formula is C21H22ClN7OS. The second kappa shape index (κ2) is 12.0. The van der Waals surface area contributed by atoms with Crippen LogP contribution in [0.4, 0.5) is 0 Å². The van der Waals surface area contributed by atoms with Gasteiger partial charge in [0.15, 0.2) is 0 Å². The van der Waals surface area contributed by atoms with Crippen LogP contribution in [0, 0.1) is 0 Å². The lowest BCUT2D eigenvalue weighted by Crippen LogP contribution is -2.15. The summed E-state index contributed by atoms with van der Waals surface area (Å²) in [4.78, 5) is 8.16. The summed E-state index contributed by atoms with van der Waals surface area (Å²) >= 11 is 1.65. The number of benzene rings is 2. The van der Waals surface area contributed by atoms with E-state index in [0.29, 0.717) is 6.01 Å². The van der Waals surface area contributed by atoms with Crippen LogP contribution in [0.25, 0.3) is 5.69 Å². The molecular weight excluding hydrogens is 434 g/mol. The molecule has 160 valence electrons. The van der Waals surface area contributed by atoms with Gasteiger partial charge in [-0.25, -0.2) is 9.97 Å². The van der Waals surface area contributed by atoms with Gasteiger partial charge in [-0.1, -0.05) is 42.1 Å². The van der Waals surface area contributed by atoms with Crippen LogP contribution in [0.15, 0.2) is 78.2 Å². The highest BCUT2D eigenvalue weighted by molar-refractivity contribution is 7.99. The van der Waals surface area contributed by atoms with Crippen LogP contribution >= 0.6 is 24.2 Å². The molecule has 31 heavy (non-hydrogen) atoms. The maximum atomic E-state index is 5.68. The van der Waals surface area contributed by atoms with Crippen molar-refractivity contribution in [3.63, 3.8) is 0 Å². The normalized spacial score (nSPS) is 10.5. The summed E-state index contributed by atoms with van der Waals surface area (Å²) in [5.74, 6) is 1.65. The molecule has 0 unspecified atom stereocenters. The van der Waals surface area contributed by atoms with Gasteiger partial charge in [0.05, 0.1) is 5.69 Å². The van der Waals surface area contributed by atoms with E-state index < -0.39 is 0 Å². The Hall–Kier alpha value is -3.01. The van der Waals surface area contributed by atoms with E-state index in [1.807, 2.05) is 48.5 Å². The first-order valence-corrected chi connectivity index (χ1v) is 10.6. The first-order chi connectivity index (χ1) is 14.9. The SMILES string of the molecule is Cl.c1ccc(-n2nnnc2SCCCNCc2cccc(Oc3ncccn3)c2)cc1. The van der Waals surface area contributed by atoms with Crippen molar-refractivity contribution < 1.29 is 4.74 Å². The van der Waals surface area contributed by atoms with Crippen LogP contribution in [0.2, 0.25) is 0 Å². The standard InChI is InChI=1S/C21H21N7OS.ClH/c1-2-8-18(9-3-1)28-21(25-26-27-28)30-14-6-11-22-16-17-7-4-10-19(15-17)29-20-23-12-5-13-24-20;/h1-5,7-10,12-13,15,22H,6,11,14,16H2;1H. The number of rotatable bonds is 10. The predicted molar refractivity (Wildman–Crippen MR) is 122 cm³/mol. The number of hydrogen-bond donors (Lipinski definition) is 1. The van der Waals surface area contributed by atoms with Gasteiger partial charge in [-0.3, -0.25) is 0 Å². The summed E-state index contributed by atoms with van der Waals surface area (Å²) in [6, 6.07) is 19.9. The predicted octanol–water partition coefficient (Wildman–Crippen LogP) is 3.94. The lowest BCUT2D eigenvalue weighted by atomic mass is 10.2. The number of nitrogens with zero attached hydrogens (tertiary/aromatic N) is 6. The highest BCUT2D eigenvalue weighted by atomic mass is 35.5. The van der Waals surface area contributed by atoms with Crippen molar-refractivity contribution in [2.45, 2.75) is 18.1 Å². The number of halogens is 1. The monoisotopic (exact) mass is 455 g/mol. The molecule has 0 aliphatic carbocycles. The smallest absolute Gasteiger partial charge is 0.321 e. The fourth-order valence-electron chi connectivity index (χ4n) is 2.76. The number of thioether (sulfide) groups is 1. The van der Waals surface area contributed by atoms with Crippen molar-refractivity contribution in [2.75, 3.05) is 12.3 Å². The topological polar surface area (TPSA) is 90.6 Å². The molecule has 10 heteroatoms. The quantitative estimate of drug-likeness (QED) is 0.284. The fourth-order valence-corrected chi connectivity index (χ4v) is 3.59. The maximum absolute atomic E-state index is 5.68. The van der Waals surface area contributed by atoms with Gasteiger partial charge in [-0.2, -0.15) is 4.68 Å². The first kappa shape index (κ1) is 22.7. The molecule has 0 atom stereocenters. The Bertz CT molecular complexity index is 1050. The van der Waals surface area contributed by atoms with Crippen molar-refractivity contribution in [3.8, 4) is 17.4 Å². The van der Waals surface area contributed by atoms with Crippen molar-refractivity contribution >= 4 is 24.2 Å². The molecule has 1 N–H and O–H groups in total. The Kier molecular flexibility index (Phi) is 8.77. The largest absolute Gasteiger partial charge is 0.424 e. The van der Waals surface area contributed by atoms with Gasteiger partial charge in [0.2, 0.25) is 5.16 Å². The average Bonchev–Trinajstić information content (AvgIpc) is 3.26. The van der Waals surface area contributed by atoms with E-state index in [2.05, 4.69) is 36.9 Å². The molecule has 0 aliphatic rings. The molecule has 0 saturated heterocycles. The van der Waals surface area contributed by atoms with Crippen molar-refractivity contribution in [1.82, 2.24) is 35.5 Å². The van der Waals surface area contributed by atoms with Crippen LogP contribution in [0.5, 0.6) is 11.8 Å². The Morgan fingerprint density at radius 3 is 2.65 bits per heavy atom. The summed E-state index contributed by atoms with van der Waals surface area (Å²) in [7, 11) is 0. The van der Waals surface area contributed by atoms with Gasteiger partial charge in [-0.05, 0) is 59.3 Å². The molecule has 0 aliphatic heterocycles. The molecule has 4 rings (SSSR count). The number of aromatic nitrogens is 6. The van der Waals surface area contributed by atoms with Crippen molar-refractivity contribution in [1.29, 1.82) is 0 Å². The lowest BCUT2D eigenvalue weighted by molar-refractivity contribution is 0.441. The molecule has 2 heterocycles. The van der Waals surface area contributed by atoms with E-state index in [1.165, 1.54) is 0 Å². The Morgan fingerprint density at radius 1 is 0.968 bits per heavy atom. The van der Waals surface area contributed by atoms with Crippen molar-refractivity contribution in [3.05, 3.63) is 78.6 Å². The number of tetrazole rings is 1.